The number of allylic oxidation sites excluding steroid dienone is 2. The summed E-state index contributed by atoms with van der Waals surface area (Å²) in [5.41, 5.74) is 0.850. The highest BCUT2D eigenvalue weighted by Crippen LogP contribution is 2.35. The number of likely N-dealkylation sites (tertiary alicyclic amines) is 1. The zero-order valence-electron chi connectivity index (χ0n) is 20.5. The summed E-state index contributed by atoms with van der Waals surface area (Å²) < 4.78 is 5.20. The lowest BCUT2D eigenvalue weighted by Crippen LogP contribution is -2.50. The molecule has 3 rings (SSSR count). The van der Waals surface area contributed by atoms with Gasteiger partial charge in [-0.25, -0.2) is 0 Å². The van der Waals surface area contributed by atoms with E-state index in [0.29, 0.717) is 18.6 Å². The normalized spacial score (nSPS) is 21.1. The number of ether oxygens (including phenoxy) is 1. The molecular weight excluding hydrogens is 434 g/mol. The average molecular weight is 470 g/mol. The molecular formula is C26H35N3O5. The molecule has 4 amide bonds. The van der Waals surface area contributed by atoms with Crippen LogP contribution in [0, 0.1) is 11.8 Å². The largest absolute Gasteiger partial charge is 0.497 e. The van der Waals surface area contributed by atoms with Crippen molar-refractivity contribution in [3.8, 4) is 5.75 Å². The highest BCUT2D eigenvalue weighted by molar-refractivity contribution is 6.05. The number of hydrogen-bond donors (Lipinski definition) is 1. The molecule has 4 atom stereocenters. The first kappa shape index (κ1) is 25.5. The number of methoxy groups -OCH3 is 1. The molecule has 1 aromatic carbocycles. The number of nitrogens with one attached hydrogen (secondary N) is 1. The van der Waals surface area contributed by atoms with Gasteiger partial charge in [-0.15, -0.1) is 0 Å². The zero-order chi connectivity index (χ0) is 24.8. The van der Waals surface area contributed by atoms with Gasteiger partial charge in [0.15, 0.2) is 0 Å². The topological polar surface area (TPSA) is 96.0 Å². The van der Waals surface area contributed by atoms with Crippen molar-refractivity contribution in [1.29, 1.82) is 0 Å². The molecule has 0 saturated carbocycles. The Hall–Kier alpha value is -3.16. The minimum atomic E-state index is -0.708. The first-order chi connectivity index (χ1) is 16.3. The molecule has 34 heavy (non-hydrogen) atoms. The van der Waals surface area contributed by atoms with Crippen molar-refractivity contribution in [2.45, 2.75) is 65.1 Å². The van der Waals surface area contributed by atoms with E-state index in [1.807, 2.05) is 38.1 Å². The molecule has 8 nitrogen and oxygen atoms in total. The van der Waals surface area contributed by atoms with E-state index >= 15 is 0 Å². The third-order valence-electron chi connectivity index (χ3n) is 6.83. The quantitative estimate of drug-likeness (QED) is 0.420. The van der Waals surface area contributed by atoms with E-state index in [4.69, 9.17) is 4.74 Å². The molecule has 184 valence electrons. The van der Waals surface area contributed by atoms with Crippen LogP contribution in [0.4, 0.5) is 0 Å². The van der Waals surface area contributed by atoms with Gasteiger partial charge in [0.05, 0.1) is 18.9 Å². The van der Waals surface area contributed by atoms with E-state index in [-0.39, 0.29) is 61.0 Å². The Balaban J connectivity index is 1.72. The summed E-state index contributed by atoms with van der Waals surface area (Å²) in [7, 11) is 1.58. The number of rotatable bonds is 10. The van der Waals surface area contributed by atoms with Crippen LogP contribution in [-0.2, 0) is 25.7 Å². The van der Waals surface area contributed by atoms with Crippen molar-refractivity contribution in [2.75, 3.05) is 13.7 Å². The van der Waals surface area contributed by atoms with Crippen LogP contribution in [0.2, 0.25) is 0 Å². The summed E-state index contributed by atoms with van der Waals surface area (Å²) in [5.74, 6) is -0.844. The Morgan fingerprint density at radius 1 is 1.09 bits per heavy atom. The van der Waals surface area contributed by atoms with Gasteiger partial charge in [0, 0.05) is 25.6 Å². The van der Waals surface area contributed by atoms with Crippen molar-refractivity contribution in [3.63, 3.8) is 0 Å². The SMILES string of the molecule is CC[C@@H](C)NC(=O)[C@H](C)N(Cc1ccc(OC)cc1)C(=O)CCN1C(=O)[C@H]2CC=CC[C@H]2C1=O. The highest BCUT2D eigenvalue weighted by atomic mass is 16.5. The van der Waals surface area contributed by atoms with Gasteiger partial charge in [-0.05, 0) is 50.8 Å². The number of imide groups is 1. The Bertz CT molecular complexity index is 916. The van der Waals surface area contributed by atoms with E-state index in [0.717, 1.165) is 12.0 Å². The molecule has 1 saturated heterocycles. The van der Waals surface area contributed by atoms with Gasteiger partial charge in [-0.3, -0.25) is 24.1 Å². The summed E-state index contributed by atoms with van der Waals surface area (Å²) >= 11 is 0. The van der Waals surface area contributed by atoms with E-state index in [2.05, 4.69) is 5.32 Å². The molecule has 1 aliphatic heterocycles. The van der Waals surface area contributed by atoms with Crippen LogP contribution < -0.4 is 10.1 Å². The van der Waals surface area contributed by atoms with Crippen molar-refractivity contribution >= 4 is 23.6 Å². The molecule has 1 heterocycles. The second-order valence-corrected chi connectivity index (χ2v) is 9.10. The van der Waals surface area contributed by atoms with E-state index in [1.165, 1.54) is 9.80 Å². The lowest BCUT2D eigenvalue weighted by molar-refractivity contribution is -0.143. The van der Waals surface area contributed by atoms with E-state index < -0.39 is 6.04 Å². The van der Waals surface area contributed by atoms with Crippen LogP contribution in [0.5, 0.6) is 5.75 Å². The molecule has 1 aromatic rings. The maximum atomic E-state index is 13.3. The molecule has 0 spiro atoms. The molecule has 0 unspecified atom stereocenters. The number of fused-ring (bicyclic) bond motifs is 1. The lowest BCUT2D eigenvalue weighted by atomic mass is 9.85. The lowest BCUT2D eigenvalue weighted by Gasteiger charge is -2.30. The molecule has 0 radical (unpaired) electrons. The third-order valence-corrected chi connectivity index (χ3v) is 6.83. The molecule has 2 aliphatic rings. The van der Waals surface area contributed by atoms with Gasteiger partial charge in [0.1, 0.15) is 11.8 Å². The third kappa shape index (κ3) is 5.66. The van der Waals surface area contributed by atoms with Crippen LogP contribution in [0.15, 0.2) is 36.4 Å². The summed E-state index contributed by atoms with van der Waals surface area (Å²) in [6, 6.07) is 6.59. The van der Waals surface area contributed by atoms with Crippen LogP contribution in [0.25, 0.3) is 0 Å². The number of benzene rings is 1. The standard InChI is InChI=1S/C26H35N3O5/c1-5-17(2)27-24(31)18(3)29(16-19-10-12-20(34-4)13-11-19)23(30)14-15-28-25(32)21-8-6-7-9-22(21)26(28)33/h6-7,10-13,17-18,21-22H,5,8-9,14-16H2,1-4H3,(H,27,31)/t17-,18+,21-,22+/m1/s1. The molecule has 0 bridgehead atoms. The van der Waals surface area contributed by atoms with Crippen molar-refractivity contribution in [1.82, 2.24) is 15.1 Å². The fourth-order valence-electron chi connectivity index (χ4n) is 4.42. The Morgan fingerprint density at radius 3 is 2.21 bits per heavy atom. The van der Waals surface area contributed by atoms with Crippen LogP contribution in [0.3, 0.4) is 0 Å². The van der Waals surface area contributed by atoms with Gasteiger partial charge < -0.3 is 15.0 Å². The van der Waals surface area contributed by atoms with E-state index in [1.54, 1.807) is 26.2 Å². The van der Waals surface area contributed by atoms with Crippen LogP contribution >= 0.6 is 0 Å². The number of carbonyl (C=O) groups is 4. The minimum Gasteiger partial charge on any atom is -0.497 e. The summed E-state index contributed by atoms with van der Waals surface area (Å²) in [4.78, 5) is 54.4. The first-order valence-corrected chi connectivity index (χ1v) is 12.0. The van der Waals surface area contributed by atoms with Gasteiger partial charge in [0.25, 0.3) is 0 Å². The van der Waals surface area contributed by atoms with Gasteiger partial charge in [0.2, 0.25) is 23.6 Å². The van der Waals surface area contributed by atoms with Crippen molar-refractivity contribution < 1.29 is 23.9 Å². The summed E-state index contributed by atoms with van der Waals surface area (Å²) in [5, 5.41) is 2.94. The predicted octanol–water partition coefficient (Wildman–Crippen LogP) is 2.67. The molecule has 0 aromatic heterocycles. The fraction of sp³-hybridized carbons (Fsp3) is 0.538. The van der Waals surface area contributed by atoms with Gasteiger partial charge in [-0.2, -0.15) is 0 Å². The van der Waals surface area contributed by atoms with Crippen molar-refractivity contribution in [2.24, 2.45) is 11.8 Å². The zero-order valence-corrected chi connectivity index (χ0v) is 20.5. The number of amides is 4. The smallest absolute Gasteiger partial charge is 0.242 e. The van der Waals surface area contributed by atoms with Crippen LogP contribution in [0.1, 0.15) is 52.0 Å². The maximum absolute atomic E-state index is 13.3. The second kappa shape index (κ2) is 11.3. The van der Waals surface area contributed by atoms with E-state index in [9.17, 15) is 19.2 Å². The average Bonchev–Trinajstić information content (AvgIpc) is 3.10. The molecule has 8 heteroatoms. The highest BCUT2D eigenvalue weighted by Gasteiger charge is 2.47. The Morgan fingerprint density at radius 2 is 1.68 bits per heavy atom. The number of hydrogen-bond acceptors (Lipinski definition) is 5. The Labute approximate surface area is 201 Å². The summed E-state index contributed by atoms with van der Waals surface area (Å²) in [6.45, 7) is 5.86. The first-order valence-electron chi connectivity index (χ1n) is 12.0. The predicted molar refractivity (Wildman–Crippen MR) is 128 cm³/mol. The second-order valence-electron chi connectivity index (χ2n) is 9.10. The monoisotopic (exact) mass is 469 g/mol. The number of nitrogens with zero attached hydrogens (tertiary/aromatic N) is 2. The van der Waals surface area contributed by atoms with Gasteiger partial charge in [-0.1, -0.05) is 31.2 Å². The van der Waals surface area contributed by atoms with Crippen LogP contribution in [-0.4, -0.2) is 59.2 Å². The van der Waals surface area contributed by atoms with Crippen molar-refractivity contribution in [3.05, 3.63) is 42.0 Å². The summed E-state index contributed by atoms with van der Waals surface area (Å²) in [6.07, 6.45) is 5.76. The minimum absolute atomic E-state index is 0.00955. The maximum Gasteiger partial charge on any atom is 0.242 e. The Kier molecular flexibility index (Phi) is 8.47. The molecule has 1 fully saturated rings. The number of carbonyl (C=O) groups excluding carboxylic acids is 4. The molecule has 1 N–H and O–H groups in total. The van der Waals surface area contributed by atoms with Gasteiger partial charge >= 0.3 is 0 Å². The fourth-order valence-corrected chi connectivity index (χ4v) is 4.42. The molecule has 1 aliphatic carbocycles.